The van der Waals surface area contributed by atoms with Crippen LogP contribution in [0.4, 0.5) is 5.82 Å². The standard InChI is InChI=1S/C12H9BrClN3O3/c1-6-15-10(12(16-6)17(19)20)5-11(18)7-2-3-9(14)8(13)4-7/h2-4H,5H2,1H3,(H,15,16). The summed E-state index contributed by atoms with van der Waals surface area (Å²) in [6.07, 6.45) is -0.120. The molecule has 0 aliphatic rings. The van der Waals surface area contributed by atoms with E-state index in [0.29, 0.717) is 20.9 Å². The quantitative estimate of drug-likeness (QED) is 0.515. The molecule has 8 heteroatoms. The van der Waals surface area contributed by atoms with Crippen LogP contribution in [0.2, 0.25) is 5.02 Å². The molecule has 0 spiro atoms. The summed E-state index contributed by atoms with van der Waals surface area (Å²) in [5.74, 6) is -0.171. The molecule has 1 aromatic carbocycles. The Kier molecular flexibility index (Phi) is 4.20. The number of aromatic nitrogens is 2. The Morgan fingerprint density at radius 1 is 1.55 bits per heavy atom. The molecule has 1 heterocycles. The highest BCUT2D eigenvalue weighted by Crippen LogP contribution is 2.24. The van der Waals surface area contributed by atoms with Crippen molar-refractivity contribution in [1.82, 2.24) is 9.97 Å². The van der Waals surface area contributed by atoms with Gasteiger partial charge < -0.3 is 15.1 Å². The summed E-state index contributed by atoms with van der Waals surface area (Å²) in [5, 5.41) is 11.3. The maximum Gasteiger partial charge on any atom is 0.385 e. The number of H-pyrrole nitrogens is 1. The van der Waals surface area contributed by atoms with Crippen molar-refractivity contribution in [3.8, 4) is 0 Å². The molecular weight excluding hydrogens is 350 g/mol. The molecule has 0 radical (unpaired) electrons. The molecule has 2 rings (SSSR count). The first-order valence-corrected chi connectivity index (χ1v) is 6.73. The molecule has 0 amide bonds. The van der Waals surface area contributed by atoms with E-state index in [4.69, 9.17) is 11.6 Å². The van der Waals surface area contributed by atoms with E-state index in [9.17, 15) is 14.9 Å². The zero-order valence-corrected chi connectivity index (χ0v) is 12.7. The highest BCUT2D eigenvalue weighted by Gasteiger charge is 2.22. The van der Waals surface area contributed by atoms with Crippen LogP contribution in [0.1, 0.15) is 21.9 Å². The molecule has 0 atom stereocenters. The number of imidazole rings is 1. The lowest BCUT2D eigenvalue weighted by molar-refractivity contribution is -0.390. The number of aromatic amines is 1. The zero-order chi connectivity index (χ0) is 14.9. The van der Waals surface area contributed by atoms with Crippen LogP contribution in [0, 0.1) is 17.0 Å². The fourth-order valence-corrected chi connectivity index (χ4v) is 2.23. The topological polar surface area (TPSA) is 88.9 Å². The Balaban J connectivity index is 2.27. The molecule has 0 aliphatic carbocycles. The number of rotatable bonds is 4. The third kappa shape index (κ3) is 3.05. The predicted molar refractivity (Wildman–Crippen MR) is 77.2 cm³/mol. The Labute approximate surface area is 127 Å². The monoisotopic (exact) mass is 357 g/mol. The first-order valence-electron chi connectivity index (χ1n) is 5.56. The van der Waals surface area contributed by atoms with Gasteiger partial charge in [-0.1, -0.05) is 11.6 Å². The minimum atomic E-state index is -0.607. The summed E-state index contributed by atoms with van der Waals surface area (Å²) in [6.45, 7) is 1.60. The second-order valence-electron chi connectivity index (χ2n) is 4.11. The van der Waals surface area contributed by atoms with E-state index in [0.717, 1.165) is 0 Å². The fraction of sp³-hybridized carbons (Fsp3) is 0.167. The van der Waals surface area contributed by atoms with Crippen LogP contribution in [0.25, 0.3) is 0 Å². The number of nitro groups is 1. The average molecular weight is 359 g/mol. The molecule has 0 fully saturated rings. The average Bonchev–Trinajstić information content (AvgIpc) is 2.73. The smallest absolute Gasteiger partial charge is 0.358 e. The number of benzene rings is 1. The summed E-state index contributed by atoms with van der Waals surface area (Å²) >= 11 is 9.08. The molecule has 104 valence electrons. The lowest BCUT2D eigenvalue weighted by Crippen LogP contribution is -2.06. The van der Waals surface area contributed by atoms with E-state index in [1.165, 1.54) is 0 Å². The van der Waals surface area contributed by atoms with Crippen LogP contribution < -0.4 is 0 Å². The molecule has 0 saturated carbocycles. The Morgan fingerprint density at radius 2 is 2.25 bits per heavy atom. The van der Waals surface area contributed by atoms with E-state index in [1.807, 2.05) is 0 Å². The number of carbonyl (C=O) groups is 1. The Bertz CT molecular complexity index is 699. The molecule has 1 aromatic heterocycles. The van der Waals surface area contributed by atoms with Crippen molar-refractivity contribution < 1.29 is 9.72 Å². The van der Waals surface area contributed by atoms with Gasteiger partial charge in [0, 0.05) is 17.0 Å². The van der Waals surface area contributed by atoms with Gasteiger partial charge >= 0.3 is 5.82 Å². The maximum absolute atomic E-state index is 12.1. The summed E-state index contributed by atoms with van der Waals surface area (Å²) in [7, 11) is 0. The molecule has 6 nitrogen and oxygen atoms in total. The lowest BCUT2D eigenvalue weighted by Gasteiger charge is -2.02. The summed E-state index contributed by atoms with van der Waals surface area (Å²) in [5.41, 5.74) is 0.617. The number of ketones is 1. The van der Waals surface area contributed by atoms with Gasteiger partial charge in [0.1, 0.15) is 5.69 Å². The largest absolute Gasteiger partial charge is 0.385 e. The van der Waals surface area contributed by atoms with Crippen molar-refractivity contribution in [1.29, 1.82) is 0 Å². The highest BCUT2D eigenvalue weighted by atomic mass is 79.9. The highest BCUT2D eigenvalue weighted by molar-refractivity contribution is 9.10. The summed E-state index contributed by atoms with van der Waals surface area (Å²) < 4.78 is 0.598. The molecule has 0 aliphatic heterocycles. The van der Waals surface area contributed by atoms with Crippen molar-refractivity contribution >= 4 is 39.1 Å². The van der Waals surface area contributed by atoms with E-state index in [2.05, 4.69) is 25.9 Å². The first kappa shape index (κ1) is 14.7. The number of nitrogens with one attached hydrogen (secondary N) is 1. The van der Waals surface area contributed by atoms with Crippen molar-refractivity contribution in [2.75, 3.05) is 0 Å². The molecule has 0 unspecified atom stereocenters. The fourth-order valence-electron chi connectivity index (χ4n) is 1.74. The number of nitrogens with zero attached hydrogens (tertiary/aromatic N) is 2. The number of hydrogen-bond acceptors (Lipinski definition) is 4. The molecule has 0 bridgehead atoms. The number of Topliss-reactive ketones (excluding diaryl/α,β-unsaturated/α-hetero) is 1. The van der Waals surface area contributed by atoms with Gasteiger partial charge in [-0.25, -0.2) is 0 Å². The lowest BCUT2D eigenvalue weighted by atomic mass is 10.1. The molecule has 0 saturated heterocycles. The normalized spacial score (nSPS) is 10.6. The van der Waals surface area contributed by atoms with Gasteiger partial charge in [0.25, 0.3) is 0 Å². The molecule has 1 N–H and O–H groups in total. The Morgan fingerprint density at radius 3 is 2.85 bits per heavy atom. The number of aryl methyl sites for hydroxylation is 1. The number of carbonyl (C=O) groups excluding carboxylic acids is 1. The van der Waals surface area contributed by atoms with Gasteiger partial charge in [0.05, 0.1) is 11.4 Å². The van der Waals surface area contributed by atoms with E-state index < -0.39 is 4.92 Å². The van der Waals surface area contributed by atoms with Gasteiger partial charge in [-0.05, 0) is 44.0 Å². The SMILES string of the molecule is Cc1nc([N+](=O)[O-])c(CC(=O)c2ccc(Cl)c(Br)c2)[nH]1. The van der Waals surface area contributed by atoms with Gasteiger partial charge in [0.2, 0.25) is 5.82 Å². The molecule has 2 aromatic rings. The minimum absolute atomic E-state index is 0.120. The minimum Gasteiger partial charge on any atom is -0.358 e. The first-order chi connectivity index (χ1) is 9.38. The summed E-state index contributed by atoms with van der Waals surface area (Å²) in [4.78, 5) is 28.9. The van der Waals surface area contributed by atoms with Crippen LogP contribution in [-0.4, -0.2) is 20.7 Å². The number of hydrogen-bond donors (Lipinski definition) is 1. The van der Waals surface area contributed by atoms with Crippen LogP contribution in [-0.2, 0) is 6.42 Å². The third-order valence-electron chi connectivity index (χ3n) is 2.63. The predicted octanol–water partition coefficient (Wildman–Crippen LogP) is 3.47. The second kappa shape index (κ2) is 5.72. The van der Waals surface area contributed by atoms with Crippen molar-refractivity contribution in [2.24, 2.45) is 0 Å². The van der Waals surface area contributed by atoms with Crippen LogP contribution >= 0.6 is 27.5 Å². The Hall–Kier alpha value is -1.73. The van der Waals surface area contributed by atoms with Gasteiger partial charge in [0.15, 0.2) is 5.78 Å². The van der Waals surface area contributed by atoms with E-state index >= 15 is 0 Å². The van der Waals surface area contributed by atoms with Crippen molar-refractivity contribution in [2.45, 2.75) is 13.3 Å². The van der Waals surface area contributed by atoms with E-state index in [1.54, 1.807) is 25.1 Å². The number of halogens is 2. The van der Waals surface area contributed by atoms with E-state index in [-0.39, 0.29) is 23.7 Å². The zero-order valence-electron chi connectivity index (χ0n) is 10.3. The summed E-state index contributed by atoms with van der Waals surface area (Å²) in [6, 6.07) is 4.75. The van der Waals surface area contributed by atoms with Gasteiger partial charge in [-0.3, -0.25) is 4.79 Å². The van der Waals surface area contributed by atoms with Crippen molar-refractivity contribution in [3.63, 3.8) is 0 Å². The maximum atomic E-state index is 12.1. The van der Waals surface area contributed by atoms with Crippen LogP contribution in [0.15, 0.2) is 22.7 Å². The second-order valence-corrected chi connectivity index (χ2v) is 5.37. The van der Waals surface area contributed by atoms with Crippen molar-refractivity contribution in [3.05, 3.63) is 54.9 Å². The van der Waals surface area contributed by atoms with Crippen LogP contribution in [0.5, 0.6) is 0 Å². The molecular formula is C12H9BrClN3O3. The molecule has 20 heavy (non-hydrogen) atoms. The van der Waals surface area contributed by atoms with Gasteiger partial charge in [-0.2, -0.15) is 0 Å². The van der Waals surface area contributed by atoms with Crippen LogP contribution in [0.3, 0.4) is 0 Å². The van der Waals surface area contributed by atoms with Gasteiger partial charge in [-0.15, -0.1) is 0 Å². The third-order valence-corrected chi connectivity index (χ3v) is 3.84.